The summed E-state index contributed by atoms with van der Waals surface area (Å²) in [4.78, 5) is 5.66. The molecule has 0 aliphatic heterocycles. The van der Waals surface area contributed by atoms with Crippen molar-refractivity contribution in [3.8, 4) is 0 Å². The lowest BCUT2D eigenvalue weighted by molar-refractivity contribution is 0.590. The highest BCUT2D eigenvalue weighted by molar-refractivity contribution is 7.11. The van der Waals surface area contributed by atoms with E-state index in [-0.39, 0.29) is 5.41 Å². The number of rotatable bonds is 4. The van der Waals surface area contributed by atoms with Crippen LogP contribution >= 0.6 is 11.3 Å². The number of hydrogen-bond acceptors (Lipinski definition) is 3. The molecule has 2 nitrogen and oxygen atoms in total. The van der Waals surface area contributed by atoms with E-state index in [2.05, 4.69) is 62.3 Å². The molecule has 2 aromatic rings. The molecule has 0 fully saturated rings. The number of thiazole rings is 1. The van der Waals surface area contributed by atoms with Crippen molar-refractivity contribution in [3.05, 3.63) is 45.9 Å². The number of anilines is 1. The molecule has 1 N–H and O–H groups in total. The average Bonchev–Trinajstić information content (AvgIpc) is 2.84. The van der Waals surface area contributed by atoms with Crippen molar-refractivity contribution < 1.29 is 0 Å². The third kappa shape index (κ3) is 3.80. The summed E-state index contributed by atoms with van der Waals surface area (Å²) in [5.74, 6) is 0. The quantitative estimate of drug-likeness (QED) is 0.880. The minimum Gasteiger partial charge on any atom is -0.380 e. The van der Waals surface area contributed by atoms with Gasteiger partial charge in [-0.25, -0.2) is 4.98 Å². The predicted molar refractivity (Wildman–Crippen MR) is 84.0 cm³/mol. The summed E-state index contributed by atoms with van der Waals surface area (Å²) >= 11 is 1.79. The van der Waals surface area contributed by atoms with Crippen molar-refractivity contribution in [3.63, 3.8) is 0 Å². The van der Waals surface area contributed by atoms with Gasteiger partial charge in [-0.1, -0.05) is 39.8 Å². The van der Waals surface area contributed by atoms with E-state index in [4.69, 9.17) is 0 Å². The van der Waals surface area contributed by atoms with E-state index in [1.165, 1.54) is 21.1 Å². The van der Waals surface area contributed by atoms with Crippen LogP contribution in [0.1, 0.15) is 43.1 Å². The Hall–Kier alpha value is -1.35. The number of aryl methyl sites for hydroxylation is 1. The van der Waals surface area contributed by atoms with Crippen molar-refractivity contribution in [2.45, 2.75) is 46.1 Å². The fourth-order valence-corrected chi connectivity index (χ4v) is 2.67. The first-order valence-corrected chi connectivity index (χ1v) is 7.58. The zero-order valence-electron chi connectivity index (χ0n) is 12.2. The van der Waals surface area contributed by atoms with E-state index in [0.29, 0.717) is 0 Å². The number of nitrogens with one attached hydrogen (secondary N) is 1. The number of hydrogen-bond donors (Lipinski definition) is 1. The molecule has 0 spiro atoms. The standard InChI is InChI=1S/C16H22N2S/c1-5-15-18-11-14(19-15)10-17-13-8-6-12(7-9-13)16(2,3)4/h6-9,11,17H,5,10H2,1-4H3. The molecule has 0 bridgehead atoms. The van der Waals surface area contributed by atoms with Gasteiger partial charge in [0.05, 0.1) is 11.6 Å². The van der Waals surface area contributed by atoms with Gasteiger partial charge in [0.1, 0.15) is 0 Å². The van der Waals surface area contributed by atoms with E-state index in [0.717, 1.165) is 13.0 Å². The van der Waals surface area contributed by atoms with Crippen molar-refractivity contribution >= 4 is 17.0 Å². The van der Waals surface area contributed by atoms with Gasteiger partial charge in [-0.3, -0.25) is 0 Å². The van der Waals surface area contributed by atoms with Crippen LogP contribution in [-0.2, 0) is 18.4 Å². The molecule has 0 saturated carbocycles. The Morgan fingerprint density at radius 1 is 1.16 bits per heavy atom. The van der Waals surface area contributed by atoms with Gasteiger partial charge in [0.2, 0.25) is 0 Å². The average molecular weight is 274 g/mol. The van der Waals surface area contributed by atoms with Gasteiger partial charge >= 0.3 is 0 Å². The molecule has 0 aliphatic rings. The van der Waals surface area contributed by atoms with E-state index in [1.54, 1.807) is 11.3 Å². The largest absolute Gasteiger partial charge is 0.380 e. The summed E-state index contributed by atoms with van der Waals surface area (Å²) in [5, 5.41) is 4.66. The maximum absolute atomic E-state index is 4.37. The molecule has 0 atom stereocenters. The normalized spacial score (nSPS) is 11.6. The molecule has 19 heavy (non-hydrogen) atoms. The van der Waals surface area contributed by atoms with Crippen LogP contribution in [0.25, 0.3) is 0 Å². The van der Waals surface area contributed by atoms with E-state index in [1.807, 2.05) is 6.20 Å². The van der Waals surface area contributed by atoms with Crippen LogP contribution in [0.5, 0.6) is 0 Å². The van der Waals surface area contributed by atoms with Gasteiger partial charge in [0.25, 0.3) is 0 Å². The molecule has 0 unspecified atom stereocenters. The first-order valence-electron chi connectivity index (χ1n) is 6.77. The zero-order valence-corrected chi connectivity index (χ0v) is 13.0. The number of aromatic nitrogens is 1. The number of nitrogens with zero attached hydrogens (tertiary/aromatic N) is 1. The van der Waals surface area contributed by atoms with Gasteiger partial charge in [-0.2, -0.15) is 0 Å². The predicted octanol–water partition coefficient (Wildman–Crippen LogP) is 4.62. The van der Waals surface area contributed by atoms with Crippen molar-refractivity contribution in [1.29, 1.82) is 0 Å². The maximum Gasteiger partial charge on any atom is 0.0925 e. The Labute approximate surface area is 119 Å². The van der Waals surface area contributed by atoms with Gasteiger partial charge < -0.3 is 5.32 Å². The molecule has 1 aromatic carbocycles. The highest BCUT2D eigenvalue weighted by Gasteiger charge is 2.12. The summed E-state index contributed by atoms with van der Waals surface area (Å²) < 4.78 is 0. The molecular formula is C16H22N2S. The Morgan fingerprint density at radius 3 is 2.37 bits per heavy atom. The lowest BCUT2D eigenvalue weighted by Gasteiger charge is -2.19. The molecule has 1 heterocycles. The van der Waals surface area contributed by atoms with Crippen LogP contribution in [0, 0.1) is 0 Å². The van der Waals surface area contributed by atoms with E-state index < -0.39 is 0 Å². The minimum absolute atomic E-state index is 0.215. The molecule has 0 aliphatic carbocycles. The van der Waals surface area contributed by atoms with Crippen LogP contribution in [0.3, 0.4) is 0 Å². The second kappa shape index (κ2) is 5.74. The molecule has 0 saturated heterocycles. The van der Waals surface area contributed by atoms with Crippen LogP contribution in [-0.4, -0.2) is 4.98 Å². The monoisotopic (exact) mass is 274 g/mol. The van der Waals surface area contributed by atoms with Crippen LogP contribution < -0.4 is 5.32 Å². The Balaban J connectivity index is 1.96. The fraction of sp³-hybridized carbons (Fsp3) is 0.438. The third-order valence-electron chi connectivity index (χ3n) is 3.12. The third-order valence-corrected chi connectivity index (χ3v) is 4.26. The van der Waals surface area contributed by atoms with Gasteiger partial charge in [0, 0.05) is 16.8 Å². The molecule has 1 aromatic heterocycles. The summed E-state index contributed by atoms with van der Waals surface area (Å²) in [6.07, 6.45) is 2.99. The lowest BCUT2D eigenvalue weighted by Crippen LogP contribution is -2.10. The minimum atomic E-state index is 0.215. The molecule has 2 rings (SSSR count). The van der Waals surface area contributed by atoms with Crippen molar-refractivity contribution in [2.75, 3.05) is 5.32 Å². The molecule has 0 amide bonds. The first-order chi connectivity index (χ1) is 8.99. The fourth-order valence-electron chi connectivity index (χ4n) is 1.87. The lowest BCUT2D eigenvalue weighted by atomic mass is 9.87. The van der Waals surface area contributed by atoms with Crippen LogP contribution in [0.4, 0.5) is 5.69 Å². The van der Waals surface area contributed by atoms with Gasteiger partial charge in [-0.05, 0) is 29.5 Å². The molecule has 102 valence electrons. The zero-order chi connectivity index (χ0) is 13.9. The second-order valence-electron chi connectivity index (χ2n) is 5.75. The summed E-state index contributed by atoms with van der Waals surface area (Å²) in [7, 11) is 0. The van der Waals surface area contributed by atoms with Gasteiger partial charge in [0.15, 0.2) is 0 Å². The van der Waals surface area contributed by atoms with E-state index in [9.17, 15) is 0 Å². The SMILES string of the molecule is CCc1ncc(CNc2ccc(C(C)(C)C)cc2)s1. The van der Waals surface area contributed by atoms with E-state index >= 15 is 0 Å². The summed E-state index contributed by atoms with van der Waals surface area (Å²) in [6.45, 7) is 9.70. The van der Waals surface area contributed by atoms with Crippen molar-refractivity contribution in [1.82, 2.24) is 4.98 Å². The van der Waals surface area contributed by atoms with Crippen molar-refractivity contribution in [2.24, 2.45) is 0 Å². The Bertz CT molecular complexity index is 520. The van der Waals surface area contributed by atoms with Crippen LogP contribution in [0.2, 0.25) is 0 Å². The highest BCUT2D eigenvalue weighted by Crippen LogP contribution is 2.24. The molecule has 3 heteroatoms. The second-order valence-corrected chi connectivity index (χ2v) is 6.95. The Kier molecular flexibility index (Phi) is 4.25. The molecular weight excluding hydrogens is 252 g/mol. The number of benzene rings is 1. The smallest absolute Gasteiger partial charge is 0.0925 e. The highest BCUT2D eigenvalue weighted by atomic mass is 32.1. The summed E-state index contributed by atoms with van der Waals surface area (Å²) in [6, 6.07) is 8.71. The summed E-state index contributed by atoms with van der Waals surface area (Å²) in [5.41, 5.74) is 2.75. The Morgan fingerprint density at radius 2 is 1.84 bits per heavy atom. The topological polar surface area (TPSA) is 24.9 Å². The first kappa shape index (κ1) is 14.1. The van der Waals surface area contributed by atoms with Crippen LogP contribution in [0.15, 0.2) is 30.5 Å². The molecule has 0 radical (unpaired) electrons. The van der Waals surface area contributed by atoms with Gasteiger partial charge in [-0.15, -0.1) is 11.3 Å². The maximum atomic E-state index is 4.37.